The van der Waals surface area contributed by atoms with Crippen LogP contribution in [0.25, 0.3) is 0 Å². The summed E-state index contributed by atoms with van der Waals surface area (Å²) in [5, 5.41) is 14.7. The van der Waals surface area contributed by atoms with Crippen LogP contribution in [-0.4, -0.2) is 55.4 Å². The first-order chi connectivity index (χ1) is 16.0. The third-order valence-electron chi connectivity index (χ3n) is 5.87. The number of aliphatic hydroxyl groups excluding tert-OH is 1. The Morgan fingerprint density at radius 1 is 1.18 bits per heavy atom. The summed E-state index contributed by atoms with van der Waals surface area (Å²) >= 11 is 5.95. The molecule has 10 heteroatoms. The summed E-state index contributed by atoms with van der Waals surface area (Å²) in [4.78, 5) is 25.2. The van der Waals surface area contributed by atoms with E-state index in [4.69, 9.17) is 16.7 Å². The van der Waals surface area contributed by atoms with Crippen molar-refractivity contribution in [3.8, 4) is 0 Å². The van der Waals surface area contributed by atoms with Crippen LogP contribution in [0.1, 0.15) is 42.6 Å². The van der Waals surface area contributed by atoms with Gasteiger partial charge in [-0.25, -0.2) is 8.42 Å². The molecule has 3 N–H and O–H groups in total. The summed E-state index contributed by atoms with van der Waals surface area (Å²) in [7, 11) is -4.05. The van der Waals surface area contributed by atoms with Gasteiger partial charge in [-0.3, -0.25) is 9.59 Å². The summed E-state index contributed by atoms with van der Waals surface area (Å²) in [6.45, 7) is 4.45. The van der Waals surface area contributed by atoms with Crippen molar-refractivity contribution in [1.29, 1.82) is 0 Å². The quantitative estimate of drug-likeness (QED) is 0.508. The first-order valence-corrected chi connectivity index (χ1v) is 12.9. The van der Waals surface area contributed by atoms with Crippen molar-refractivity contribution in [1.82, 2.24) is 14.9 Å². The Morgan fingerprint density at radius 3 is 2.44 bits per heavy atom. The molecule has 1 heterocycles. The zero-order valence-corrected chi connectivity index (χ0v) is 20.8. The molecule has 1 aliphatic rings. The van der Waals surface area contributed by atoms with Gasteiger partial charge in [-0.05, 0) is 60.2 Å². The van der Waals surface area contributed by atoms with Gasteiger partial charge in [-0.2, -0.15) is 4.31 Å². The summed E-state index contributed by atoms with van der Waals surface area (Å²) in [6, 6.07) is 11.5. The number of nitrogens with zero attached hydrogens (tertiary/aromatic N) is 1. The van der Waals surface area contributed by atoms with E-state index in [2.05, 4.69) is 10.6 Å². The van der Waals surface area contributed by atoms with E-state index in [1.54, 1.807) is 24.3 Å². The van der Waals surface area contributed by atoms with Crippen LogP contribution in [0.3, 0.4) is 0 Å². The van der Waals surface area contributed by atoms with Crippen molar-refractivity contribution in [3.05, 3.63) is 64.7 Å². The molecule has 2 aromatic carbocycles. The minimum atomic E-state index is -4.05. The lowest BCUT2D eigenvalue weighted by Gasteiger charge is -2.33. The van der Waals surface area contributed by atoms with E-state index >= 15 is 0 Å². The van der Waals surface area contributed by atoms with Gasteiger partial charge in [0.05, 0.1) is 11.5 Å². The fourth-order valence-corrected chi connectivity index (χ4v) is 5.61. The summed E-state index contributed by atoms with van der Waals surface area (Å²) in [5.41, 5.74) is 0.774. The van der Waals surface area contributed by atoms with Gasteiger partial charge in [0.25, 0.3) is 5.91 Å². The highest BCUT2D eigenvalue weighted by Gasteiger charge is 2.40. The van der Waals surface area contributed by atoms with Gasteiger partial charge >= 0.3 is 0 Å². The number of carbonyl (C=O) groups is 2. The minimum Gasteiger partial charge on any atom is -0.395 e. The fourth-order valence-electron chi connectivity index (χ4n) is 3.91. The average molecular weight is 508 g/mol. The van der Waals surface area contributed by atoms with Crippen molar-refractivity contribution in [2.75, 3.05) is 19.7 Å². The molecule has 2 amide bonds. The van der Waals surface area contributed by atoms with E-state index in [-0.39, 0.29) is 41.8 Å². The van der Waals surface area contributed by atoms with Crippen LogP contribution >= 0.6 is 11.6 Å². The van der Waals surface area contributed by atoms with E-state index in [0.717, 1.165) is 6.42 Å². The lowest BCUT2D eigenvalue weighted by atomic mass is 9.83. The van der Waals surface area contributed by atoms with Gasteiger partial charge in [0, 0.05) is 30.2 Å². The Bertz CT molecular complexity index is 1120. The molecule has 1 saturated heterocycles. The Morgan fingerprint density at radius 2 is 1.82 bits per heavy atom. The summed E-state index contributed by atoms with van der Waals surface area (Å²) in [5.74, 6) is -0.667. The molecule has 1 atom stereocenters. The lowest BCUT2D eigenvalue weighted by Crippen LogP contribution is -2.49. The first-order valence-electron chi connectivity index (χ1n) is 11.1. The number of hydrogen-bond donors (Lipinski definition) is 3. The topological polar surface area (TPSA) is 116 Å². The van der Waals surface area contributed by atoms with Gasteiger partial charge in [0.2, 0.25) is 15.9 Å². The molecule has 1 aliphatic heterocycles. The van der Waals surface area contributed by atoms with Crippen LogP contribution < -0.4 is 10.6 Å². The second kappa shape index (κ2) is 10.9. The van der Waals surface area contributed by atoms with E-state index in [1.807, 2.05) is 13.8 Å². The van der Waals surface area contributed by atoms with Crippen LogP contribution in [-0.2, 0) is 21.4 Å². The van der Waals surface area contributed by atoms with Crippen LogP contribution in [0, 0.1) is 5.41 Å². The molecule has 0 aliphatic carbocycles. The SMILES string of the molecule is CC1(C)CCNC(=O)C(N(Cc2ccc(C(=O)NCCO)cc2)S(=O)(=O)c2ccc(Cl)cc2)C1. The number of rotatable bonds is 8. The van der Waals surface area contributed by atoms with E-state index in [0.29, 0.717) is 29.1 Å². The van der Waals surface area contributed by atoms with Crippen molar-refractivity contribution in [2.24, 2.45) is 5.41 Å². The van der Waals surface area contributed by atoms with E-state index < -0.39 is 16.1 Å². The maximum absolute atomic E-state index is 13.7. The second-order valence-corrected chi connectivity index (χ2v) is 11.4. The standard InChI is InChI=1S/C24H30ClN3O5S/c1-24(2)11-12-26-23(31)21(15-24)28(34(32,33)20-9-7-19(25)8-10-20)16-17-3-5-18(6-4-17)22(30)27-13-14-29/h3-10,21,29H,11-16H2,1-2H3,(H,26,31)(H,27,30). The number of halogens is 1. The molecule has 0 bridgehead atoms. The van der Waals surface area contributed by atoms with Crippen molar-refractivity contribution >= 4 is 33.4 Å². The molecule has 0 spiro atoms. The lowest BCUT2D eigenvalue weighted by molar-refractivity contribution is -0.125. The maximum Gasteiger partial charge on any atom is 0.251 e. The molecular weight excluding hydrogens is 478 g/mol. The number of benzene rings is 2. The molecule has 2 aromatic rings. The Kier molecular flexibility index (Phi) is 8.35. The molecule has 34 heavy (non-hydrogen) atoms. The van der Waals surface area contributed by atoms with Crippen LogP contribution in [0.2, 0.25) is 5.02 Å². The number of amides is 2. The second-order valence-electron chi connectivity index (χ2n) is 9.11. The summed E-state index contributed by atoms with van der Waals surface area (Å²) in [6.07, 6.45) is 1.11. The number of nitrogens with one attached hydrogen (secondary N) is 2. The first kappa shape index (κ1) is 26.2. The van der Waals surface area contributed by atoms with Gasteiger partial charge < -0.3 is 15.7 Å². The van der Waals surface area contributed by atoms with Crippen LogP contribution in [0.5, 0.6) is 0 Å². The Labute approximate surface area is 205 Å². The van der Waals surface area contributed by atoms with E-state index in [9.17, 15) is 18.0 Å². The van der Waals surface area contributed by atoms with Gasteiger partial charge in [-0.1, -0.05) is 37.6 Å². The number of sulfonamides is 1. The summed E-state index contributed by atoms with van der Waals surface area (Å²) < 4.78 is 28.7. The molecule has 0 aromatic heterocycles. The number of carbonyl (C=O) groups excluding carboxylic acids is 2. The van der Waals surface area contributed by atoms with Crippen molar-refractivity contribution < 1.29 is 23.1 Å². The number of hydrogen-bond acceptors (Lipinski definition) is 5. The number of aliphatic hydroxyl groups is 1. The minimum absolute atomic E-state index is 0.0440. The highest BCUT2D eigenvalue weighted by Crippen LogP contribution is 2.33. The average Bonchev–Trinajstić information content (AvgIpc) is 2.93. The third kappa shape index (κ3) is 6.35. The highest BCUT2D eigenvalue weighted by atomic mass is 35.5. The molecule has 3 rings (SSSR count). The fraction of sp³-hybridized carbons (Fsp3) is 0.417. The monoisotopic (exact) mass is 507 g/mol. The van der Waals surface area contributed by atoms with Gasteiger partial charge in [0.15, 0.2) is 0 Å². The molecule has 1 fully saturated rings. The van der Waals surface area contributed by atoms with Gasteiger partial charge in [0.1, 0.15) is 6.04 Å². The van der Waals surface area contributed by atoms with Gasteiger partial charge in [-0.15, -0.1) is 0 Å². The van der Waals surface area contributed by atoms with Crippen LogP contribution in [0.4, 0.5) is 0 Å². The molecule has 0 radical (unpaired) electrons. The zero-order chi connectivity index (χ0) is 24.9. The molecular formula is C24H30ClN3O5S. The Hall–Kier alpha value is -2.46. The smallest absolute Gasteiger partial charge is 0.251 e. The Balaban J connectivity index is 1.97. The predicted octanol–water partition coefficient (Wildman–Crippen LogP) is 2.56. The molecule has 1 unspecified atom stereocenters. The normalized spacial score (nSPS) is 18.3. The zero-order valence-electron chi connectivity index (χ0n) is 19.3. The predicted molar refractivity (Wildman–Crippen MR) is 130 cm³/mol. The largest absolute Gasteiger partial charge is 0.395 e. The van der Waals surface area contributed by atoms with E-state index in [1.165, 1.54) is 28.6 Å². The maximum atomic E-state index is 13.7. The highest BCUT2D eigenvalue weighted by molar-refractivity contribution is 7.89. The van der Waals surface area contributed by atoms with Crippen LogP contribution in [0.15, 0.2) is 53.4 Å². The molecule has 0 saturated carbocycles. The third-order valence-corrected chi connectivity index (χ3v) is 7.99. The van der Waals surface area contributed by atoms with Crippen molar-refractivity contribution in [2.45, 2.75) is 44.2 Å². The van der Waals surface area contributed by atoms with Crippen molar-refractivity contribution in [3.63, 3.8) is 0 Å². The molecule has 184 valence electrons. The molecule has 8 nitrogen and oxygen atoms in total.